The first kappa shape index (κ1) is 17.7. The van der Waals surface area contributed by atoms with Gasteiger partial charge in [-0.1, -0.05) is 32.6 Å². The quantitative estimate of drug-likeness (QED) is 0.573. The predicted molar refractivity (Wildman–Crippen MR) is 65.5 cm³/mol. The highest BCUT2D eigenvalue weighted by molar-refractivity contribution is 4.64. The van der Waals surface area contributed by atoms with Crippen molar-refractivity contribution in [3.63, 3.8) is 0 Å². The van der Waals surface area contributed by atoms with Crippen LogP contribution >= 0.6 is 0 Å². The first-order valence-corrected chi connectivity index (χ1v) is 6.81. The Morgan fingerprint density at radius 2 is 1.50 bits per heavy atom. The van der Waals surface area contributed by atoms with Crippen LogP contribution in [0.3, 0.4) is 0 Å². The van der Waals surface area contributed by atoms with Crippen LogP contribution in [0.1, 0.15) is 58.3 Å². The van der Waals surface area contributed by atoms with Crippen molar-refractivity contribution < 1.29 is 23.0 Å². The Balaban J connectivity index is 3.17. The SMILES string of the molecule is CCCCCCCOCCCCC(O)C(F)(F)F. The number of rotatable bonds is 11. The molecule has 0 fully saturated rings. The highest BCUT2D eigenvalue weighted by Crippen LogP contribution is 2.23. The van der Waals surface area contributed by atoms with Crippen molar-refractivity contribution in [2.75, 3.05) is 13.2 Å². The van der Waals surface area contributed by atoms with Crippen molar-refractivity contribution in [2.24, 2.45) is 0 Å². The molecule has 1 atom stereocenters. The third-order valence-electron chi connectivity index (χ3n) is 2.79. The fourth-order valence-electron chi connectivity index (χ4n) is 1.62. The normalized spacial score (nSPS) is 13.8. The van der Waals surface area contributed by atoms with Crippen LogP contribution in [0, 0.1) is 0 Å². The molecule has 0 bridgehead atoms. The number of aliphatic hydroxyl groups is 1. The van der Waals surface area contributed by atoms with Gasteiger partial charge >= 0.3 is 6.18 Å². The van der Waals surface area contributed by atoms with E-state index in [-0.39, 0.29) is 6.42 Å². The molecule has 0 saturated carbocycles. The lowest BCUT2D eigenvalue weighted by Crippen LogP contribution is -2.28. The minimum atomic E-state index is -4.49. The molecule has 0 saturated heterocycles. The molecule has 0 aliphatic carbocycles. The lowest BCUT2D eigenvalue weighted by Gasteiger charge is -2.13. The molecule has 0 aliphatic rings. The van der Waals surface area contributed by atoms with Crippen molar-refractivity contribution in [1.29, 1.82) is 0 Å². The largest absolute Gasteiger partial charge is 0.414 e. The molecule has 2 nitrogen and oxygen atoms in total. The summed E-state index contributed by atoms with van der Waals surface area (Å²) in [5.41, 5.74) is 0. The Hall–Kier alpha value is -0.290. The van der Waals surface area contributed by atoms with E-state index in [1.165, 1.54) is 19.3 Å². The van der Waals surface area contributed by atoms with Crippen molar-refractivity contribution in [3.05, 3.63) is 0 Å². The van der Waals surface area contributed by atoms with E-state index in [1.54, 1.807) is 0 Å². The van der Waals surface area contributed by atoms with E-state index in [0.29, 0.717) is 26.1 Å². The van der Waals surface area contributed by atoms with Gasteiger partial charge in [-0.15, -0.1) is 0 Å². The van der Waals surface area contributed by atoms with E-state index in [4.69, 9.17) is 9.84 Å². The summed E-state index contributed by atoms with van der Waals surface area (Å²) in [7, 11) is 0. The second-order valence-electron chi connectivity index (χ2n) is 4.58. The van der Waals surface area contributed by atoms with E-state index < -0.39 is 12.3 Å². The van der Waals surface area contributed by atoms with Crippen LogP contribution in [0.25, 0.3) is 0 Å². The lowest BCUT2D eigenvalue weighted by molar-refractivity contribution is -0.205. The van der Waals surface area contributed by atoms with Crippen LogP contribution in [0.15, 0.2) is 0 Å². The van der Waals surface area contributed by atoms with Crippen molar-refractivity contribution in [1.82, 2.24) is 0 Å². The zero-order valence-electron chi connectivity index (χ0n) is 11.1. The molecule has 1 unspecified atom stereocenters. The summed E-state index contributed by atoms with van der Waals surface area (Å²) in [5.74, 6) is 0. The summed E-state index contributed by atoms with van der Waals surface area (Å²) >= 11 is 0. The molecule has 0 amide bonds. The Bertz CT molecular complexity index is 184. The van der Waals surface area contributed by atoms with Gasteiger partial charge in [0.15, 0.2) is 0 Å². The molecule has 110 valence electrons. The summed E-state index contributed by atoms with van der Waals surface area (Å²) in [6.07, 6.45) is -0.143. The summed E-state index contributed by atoms with van der Waals surface area (Å²) in [4.78, 5) is 0. The number of unbranched alkanes of at least 4 members (excludes halogenated alkanes) is 5. The lowest BCUT2D eigenvalue weighted by atomic mass is 10.1. The molecular formula is C13H25F3O2. The van der Waals surface area contributed by atoms with Gasteiger partial charge in [-0.3, -0.25) is 0 Å². The van der Waals surface area contributed by atoms with Gasteiger partial charge in [0.05, 0.1) is 0 Å². The maximum absolute atomic E-state index is 11.9. The van der Waals surface area contributed by atoms with Crippen LogP contribution in [0.2, 0.25) is 0 Å². The topological polar surface area (TPSA) is 29.5 Å². The van der Waals surface area contributed by atoms with Gasteiger partial charge in [-0.2, -0.15) is 13.2 Å². The molecule has 0 spiro atoms. The molecule has 0 radical (unpaired) electrons. The van der Waals surface area contributed by atoms with Gasteiger partial charge in [-0.05, 0) is 25.7 Å². The zero-order chi connectivity index (χ0) is 13.9. The van der Waals surface area contributed by atoms with Crippen LogP contribution in [0.4, 0.5) is 13.2 Å². The molecule has 1 N–H and O–H groups in total. The number of aliphatic hydroxyl groups excluding tert-OH is 1. The van der Waals surface area contributed by atoms with Crippen LogP contribution in [0.5, 0.6) is 0 Å². The monoisotopic (exact) mass is 270 g/mol. The van der Waals surface area contributed by atoms with Gasteiger partial charge < -0.3 is 9.84 Å². The first-order valence-electron chi connectivity index (χ1n) is 6.81. The van der Waals surface area contributed by atoms with E-state index in [0.717, 1.165) is 12.8 Å². The van der Waals surface area contributed by atoms with Gasteiger partial charge in [0.25, 0.3) is 0 Å². The molecule has 18 heavy (non-hydrogen) atoms. The second-order valence-corrected chi connectivity index (χ2v) is 4.58. The first-order chi connectivity index (χ1) is 8.48. The summed E-state index contributed by atoms with van der Waals surface area (Å²) in [5, 5.41) is 8.74. The number of hydrogen-bond donors (Lipinski definition) is 1. The molecule has 0 heterocycles. The van der Waals surface area contributed by atoms with Crippen LogP contribution < -0.4 is 0 Å². The van der Waals surface area contributed by atoms with Crippen molar-refractivity contribution in [3.8, 4) is 0 Å². The van der Waals surface area contributed by atoms with Crippen molar-refractivity contribution in [2.45, 2.75) is 70.6 Å². The number of hydrogen-bond acceptors (Lipinski definition) is 2. The molecule has 0 aromatic heterocycles. The average molecular weight is 270 g/mol. The minimum Gasteiger partial charge on any atom is -0.384 e. The number of halogens is 3. The molecular weight excluding hydrogens is 245 g/mol. The number of ether oxygens (including phenoxy) is 1. The smallest absolute Gasteiger partial charge is 0.384 e. The van der Waals surface area contributed by atoms with Crippen LogP contribution in [-0.2, 0) is 4.74 Å². The molecule has 0 aliphatic heterocycles. The van der Waals surface area contributed by atoms with Gasteiger partial charge in [-0.25, -0.2) is 0 Å². The maximum Gasteiger partial charge on any atom is 0.414 e. The Morgan fingerprint density at radius 3 is 2.06 bits per heavy atom. The van der Waals surface area contributed by atoms with Crippen molar-refractivity contribution >= 4 is 0 Å². The van der Waals surface area contributed by atoms with Crippen LogP contribution in [-0.4, -0.2) is 30.6 Å². The molecule has 0 rings (SSSR count). The van der Waals surface area contributed by atoms with E-state index in [2.05, 4.69) is 6.92 Å². The summed E-state index contributed by atoms with van der Waals surface area (Å²) in [6, 6.07) is 0. The zero-order valence-corrected chi connectivity index (χ0v) is 11.1. The van der Waals surface area contributed by atoms with E-state index in [1.807, 2.05) is 0 Å². The highest BCUT2D eigenvalue weighted by Gasteiger charge is 2.37. The fourth-order valence-corrected chi connectivity index (χ4v) is 1.62. The average Bonchev–Trinajstić information content (AvgIpc) is 2.30. The molecule has 5 heteroatoms. The summed E-state index contributed by atoms with van der Waals surface area (Å²) in [6.45, 7) is 3.33. The summed E-state index contributed by atoms with van der Waals surface area (Å²) < 4.78 is 41.2. The standard InChI is InChI=1S/C13H25F3O2/c1-2-3-4-5-7-10-18-11-8-6-9-12(17)13(14,15)16/h12,17H,2-11H2,1H3. The molecule has 0 aromatic rings. The molecule has 0 aromatic carbocycles. The van der Waals surface area contributed by atoms with Gasteiger partial charge in [0, 0.05) is 13.2 Å². The second kappa shape index (κ2) is 10.6. The minimum absolute atomic E-state index is 0.233. The predicted octanol–water partition coefficient (Wildman–Crippen LogP) is 4.07. The maximum atomic E-state index is 11.9. The third-order valence-corrected chi connectivity index (χ3v) is 2.79. The highest BCUT2D eigenvalue weighted by atomic mass is 19.4. The Morgan fingerprint density at radius 1 is 0.944 bits per heavy atom. The Kier molecular flexibility index (Phi) is 10.4. The van der Waals surface area contributed by atoms with E-state index in [9.17, 15) is 13.2 Å². The Labute approximate surface area is 108 Å². The number of alkyl halides is 3. The van der Waals surface area contributed by atoms with Gasteiger partial charge in [0.1, 0.15) is 6.10 Å². The van der Waals surface area contributed by atoms with E-state index >= 15 is 0 Å². The fraction of sp³-hybridized carbons (Fsp3) is 1.00. The third kappa shape index (κ3) is 10.8. The van der Waals surface area contributed by atoms with Gasteiger partial charge in [0.2, 0.25) is 0 Å².